The summed E-state index contributed by atoms with van der Waals surface area (Å²) in [6.07, 6.45) is 1.87. The van der Waals surface area contributed by atoms with Crippen LogP contribution in [-0.2, 0) is 0 Å². The maximum atomic E-state index is 5.47. The van der Waals surface area contributed by atoms with Crippen LogP contribution in [0.25, 0.3) is 11.4 Å². The van der Waals surface area contributed by atoms with Gasteiger partial charge in [-0.15, -0.1) is 10.2 Å². The largest absolute Gasteiger partial charge is 0.307 e. The molecule has 0 spiro atoms. The first-order valence-corrected chi connectivity index (χ1v) is 6.07. The molecule has 0 aliphatic carbocycles. The molecule has 94 valence electrons. The molecule has 6 heteroatoms. The molecule has 1 aromatic carbocycles. The van der Waals surface area contributed by atoms with E-state index in [1.807, 2.05) is 30.3 Å². The second kappa shape index (κ2) is 6.28. The Bertz CT molecular complexity index is 492. The van der Waals surface area contributed by atoms with Gasteiger partial charge >= 0.3 is 0 Å². The van der Waals surface area contributed by atoms with Crippen molar-refractivity contribution in [3.63, 3.8) is 0 Å². The molecule has 0 saturated carbocycles. The molecule has 0 aliphatic heterocycles. The summed E-state index contributed by atoms with van der Waals surface area (Å²) < 4.78 is 0. The van der Waals surface area contributed by atoms with Crippen molar-refractivity contribution in [2.75, 3.05) is 6.54 Å². The molecule has 1 atom stereocenters. The number of H-pyrrole nitrogens is 1. The van der Waals surface area contributed by atoms with E-state index in [1.54, 1.807) is 0 Å². The summed E-state index contributed by atoms with van der Waals surface area (Å²) in [5.74, 6) is 0.604. The molecule has 2 aromatic rings. The van der Waals surface area contributed by atoms with Crippen LogP contribution in [0.15, 0.2) is 35.9 Å². The van der Waals surface area contributed by atoms with Crippen LogP contribution in [0, 0.1) is 0 Å². The number of rotatable bonds is 5. The monoisotopic (exact) mass is 263 g/mol. The van der Waals surface area contributed by atoms with E-state index in [4.69, 9.17) is 11.6 Å². The molecule has 0 radical (unpaired) electrons. The smallest absolute Gasteiger partial charge is 0.204 e. The second-order valence-corrected chi connectivity index (χ2v) is 4.10. The number of hydrogen-bond acceptors (Lipinski definition) is 4. The highest BCUT2D eigenvalue weighted by atomic mass is 35.5. The van der Waals surface area contributed by atoms with Gasteiger partial charge in [-0.2, -0.15) is 5.21 Å². The maximum Gasteiger partial charge on any atom is 0.204 e. The third-order valence-electron chi connectivity index (χ3n) is 2.65. The highest BCUT2D eigenvalue weighted by Gasteiger charge is 2.06. The number of hydrogen-bond donors (Lipinski definition) is 2. The van der Waals surface area contributed by atoms with Gasteiger partial charge in [-0.1, -0.05) is 41.9 Å². The molecule has 18 heavy (non-hydrogen) atoms. The molecule has 2 rings (SSSR count). The summed E-state index contributed by atoms with van der Waals surface area (Å²) in [5.41, 5.74) is 3.66. The average Bonchev–Trinajstić information content (AvgIpc) is 2.93. The summed E-state index contributed by atoms with van der Waals surface area (Å²) in [6, 6.07) is 8.32. The Balaban J connectivity index is 2.03. The zero-order valence-electron chi connectivity index (χ0n) is 9.97. The molecule has 0 bridgehead atoms. The van der Waals surface area contributed by atoms with Crippen molar-refractivity contribution >= 4 is 11.6 Å². The number of aromatic nitrogens is 4. The highest BCUT2D eigenvalue weighted by Crippen LogP contribution is 2.18. The lowest BCUT2D eigenvalue weighted by atomic mass is 10.1. The van der Waals surface area contributed by atoms with E-state index in [0.29, 0.717) is 5.82 Å². The topological polar surface area (TPSA) is 66.5 Å². The quantitative estimate of drug-likeness (QED) is 0.868. The van der Waals surface area contributed by atoms with Gasteiger partial charge in [-0.25, -0.2) is 0 Å². The number of tetrazole rings is 1. The lowest BCUT2D eigenvalue weighted by Gasteiger charge is -2.12. The highest BCUT2D eigenvalue weighted by molar-refractivity contribution is 6.25. The summed E-state index contributed by atoms with van der Waals surface area (Å²) in [7, 11) is 0. The molecule has 1 unspecified atom stereocenters. The van der Waals surface area contributed by atoms with Gasteiger partial charge in [0, 0.05) is 23.7 Å². The lowest BCUT2D eigenvalue weighted by Crippen LogP contribution is -2.18. The van der Waals surface area contributed by atoms with Gasteiger partial charge < -0.3 is 5.32 Å². The number of nitrogens with one attached hydrogen (secondary N) is 2. The maximum absolute atomic E-state index is 5.47. The summed E-state index contributed by atoms with van der Waals surface area (Å²) >= 11 is 5.47. The molecule has 0 fully saturated rings. The minimum absolute atomic E-state index is 0.261. The van der Waals surface area contributed by atoms with Crippen molar-refractivity contribution in [1.82, 2.24) is 25.9 Å². The van der Waals surface area contributed by atoms with Gasteiger partial charge in [0.05, 0.1) is 0 Å². The molecule has 0 amide bonds. The van der Waals surface area contributed by atoms with Crippen LogP contribution < -0.4 is 5.32 Å². The van der Waals surface area contributed by atoms with Gasteiger partial charge in [-0.3, -0.25) is 0 Å². The average molecular weight is 264 g/mol. The molecule has 1 aromatic heterocycles. The molecule has 2 N–H and O–H groups in total. The van der Waals surface area contributed by atoms with Gasteiger partial charge in [-0.05, 0) is 17.7 Å². The Hall–Kier alpha value is -1.72. The Morgan fingerprint density at radius 2 is 2.17 bits per heavy atom. The van der Waals surface area contributed by atoms with Crippen molar-refractivity contribution in [2.45, 2.75) is 13.0 Å². The molecule has 1 heterocycles. The second-order valence-electron chi connectivity index (χ2n) is 3.85. The lowest BCUT2D eigenvalue weighted by molar-refractivity contribution is 0.617. The van der Waals surface area contributed by atoms with Crippen molar-refractivity contribution in [3.8, 4) is 11.4 Å². The van der Waals surface area contributed by atoms with E-state index in [0.717, 1.165) is 12.1 Å². The Labute approximate surface area is 110 Å². The van der Waals surface area contributed by atoms with Crippen LogP contribution >= 0.6 is 11.6 Å². The SMILES string of the molecule is CC(NC/C=C/Cl)c1ccc(-c2nn[nH]n2)cc1. The van der Waals surface area contributed by atoms with Gasteiger partial charge in [0.25, 0.3) is 0 Å². The molecule has 0 saturated heterocycles. The third-order valence-corrected chi connectivity index (χ3v) is 2.82. The predicted octanol–water partition coefficient (Wildman–Crippen LogP) is 2.27. The minimum Gasteiger partial charge on any atom is -0.307 e. The van der Waals surface area contributed by atoms with Crippen LogP contribution in [-0.4, -0.2) is 27.2 Å². The zero-order chi connectivity index (χ0) is 12.8. The fraction of sp³-hybridized carbons (Fsp3) is 0.250. The normalized spacial score (nSPS) is 13.0. The summed E-state index contributed by atoms with van der Waals surface area (Å²) in [6.45, 7) is 2.85. The van der Waals surface area contributed by atoms with E-state index >= 15 is 0 Å². The van der Waals surface area contributed by atoms with Crippen LogP contribution in [0.1, 0.15) is 18.5 Å². The third kappa shape index (κ3) is 3.15. The predicted molar refractivity (Wildman–Crippen MR) is 71.0 cm³/mol. The fourth-order valence-corrected chi connectivity index (χ4v) is 1.70. The van der Waals surface area contributed by atoms with Crippen LogP contribution in [0.4, 0.5) is 0 Å². The van der Waals surface area contributed by atoms with Gasteiger partial charge in [0.2, 0.25) is 5.82 Å². The Morgan fingerprint density at radius 1 is 1.39 bits per heavy atom. The summed E-state index contributed by atoms with van der Waals surface area (Å²) in [4.78, 5) is 0. The molecule has 0 aliphatic rings. The van der Waals surface area contributed by atoms with E-state index in [9.17, 15) is 0 Å². The fourth-order valence-electron chi connectivity index (χ4n) is 1.61. The number of nitrogens with zero attached hydrogens (tertiary/aromatic N) is 3. The van der Waals surface area contributed by atoms with Gasteiger partial charge in [0.15, 0.2) is 0 Å². The van der Waals surface area contributed by atoms with E-state index < -0.39 is 0 Å². The van der Waals surface area contributed by atoms with E-state index in [-0.39, 0.29) is 6.04 Å². The van der Waals surface area contributed by atoms with Crippen molar-refractivity contribution in [3.05, 3.63) is 41.4 Å². The van der Waals surface area contributed by atoms with Crippen molar-refractivity contribution in [1.29, 1.82) is 0 Å². The van der Waals surface area contributed by atoms with Gasteiger partial charge in [0.1, 0.15) is 0 Å². The Kier molecular flexibility index (Phi) is 4.44. The number of halogens is 1. The van der Waals surface area contributed by atoms with Crippen molar-refractivity contribution < 1.29 is 0 Å². The van der Waals surface area contributed by atoms with Crippen LogP contribution in [0.3, 0.4) is 0 Å². The summed E-state index contributed by atoms with van der Waals surface area (Å²) in [5, 5.41) is 17.2. The molecular weight excluding hydrogens is 250 g/mol. The van der Waals surface area contributed by atoms with Crippen LogP contribution in [0.5, 0.6) is 0 Å². The first-order chi connectivity index (χ1) is 8.81. The van der Waals surface area contributed by atoms with Crippen molar-refractivity contribution in [2.24, 2.45) is 0 Å². The van der Waals surface area contributed by atoms with Crippen LogP contribution in [0.2, 0.25) is 0 Å². The van der Waals surface area contributed by atoms with E-state index in [2.05, 4.69) is 32.9 Å². The zero-order valence-corrected chi connectivity index (χ0v) is 10.7. The molecular formula is C12H14ClN5. The minimum atomic E-state index is 0.261. The standard InChI is InChI=1S/C12H14ClN5/c1-9(14-8-2-7-13)10-3-5-11(6-4-10)12-15-17-18-16-12/h2-7,9,14H,8H2,1H3,(H,15,16,17,18)/b7-2+. The van der Waals surface area contributed by atoms with E-state index in [1.165, 1.54) is 11.1 Å². The number of benzene rings is 1. The number of aromatic amines is 1. The first-order valence-electron chi connectivity index (χ1n) is 5.63. The first kappa shape index (κ1) is 12.7. The Morgan fingerprint density at radius 3 is 2.78 bits per heavy atom. The molecule has 5 nitrogen and oxygen atoms in total.